The van der Waals surface area contributed by atoms with Crippen molar-refractivity contribution in [2.75, 3.05) is 0 Å². The van der Waals surface area contributed by atoms with Crippen molar-refractivity contribution in [1.29, 1.82) is 0 Å². The van der Waals surface area contributed by atoms with Crippen molar-refractivity contribution in [2.24, 2.45) is 5.92 Å². The second kappa shape index (κ2) is 4.38. The van der Waals surface area contributed by atoms with Gasteiger partial charge in [0, 0.05) is 0 Å². The minimum atomic E-state index is 0.345. The molecule has 0 aliphatic carbocycles. The van der Waals surface area contributed by atoms with Gasteiger partial charge in [0.2, 0.25) is 0 Å². The standard InChI is InChI=1S/C4H11PTe/c1-4(2)3-6-5/h4H,3,5H2,1-2H3. The quantitative estimate of drug-likeness (QED) is 0.487. The molecule has 1 atom stereocenters. The van der Waals surface area contributed by atoms with Gasteiger partial charge in [-0.3, -0.25) is 0 Å². The summed E-state index contributed by atoms with van der Waals surface area (Å²) >= 11 is 0.345. The molecular formula is C4H11PTe. The molecule has 0 radical (unpaired) electrons. The van der Waals surface area contributed by atoms with Crippen molar-refractivity contribution in [3.05, 3.63) is 0 Å². The van der Waals surface area contributed by atoms with Crippen LogP contribution in [0, 0.1) is 5.92 Å². The zero-order valence-electron chi connectivity index (χ0n) is 4.27. The summed E-state index contributed by atoms with van der Waals surface area (Å²) in [4.78, 5) is 0. The number of hydrogen-bond donors (Lipinski definition) is 0. The van der Waals surface area contributed by atoms with E-state index in [4.69, 9.17) is 0 Å². The Hall–Kier alpha value is 1.22. The first kappa shape index (κ1) is 7.22. The Bertz CT molecular complexity index is 28.7. The first-order chi connectivity index (χ1) is 2.77. The molecule has 0 aliphatic heterocycles. The van der Waals surface area contributed by atoms with Gasteiger partial charge in [-0.1, -0.05) is 0 Å². The molecule has 0 saturated heterocycles. The SMILES string of the molecule is CC(C)C[Te]P. The molecule has 0 N–H and O–H groups in total. The van der Waals surface area contributed by atoms with Gasteiger partial charge in [0.1, 0.15) is 0 Å². The molecule has 0 aliphatic rings. The summed E-state index contributed by atoms with van der Waals surface area (Å²) in [6.07, 6.45) is 0. The van der Waals surface area contributed by atoms with Crippen LogP contribution in [0.4, 0.5) is 0 Å². The summed E-state index contributed by atoms with van der Waals surface area (Å²) < 4.78 is 1.47. The number of rotatable bonds is 2. The van der Waals surface area contributed by atoms with E-state index in [1.165, 1.54) is 4.47 Å². The summed E-state index contributed by atoms with van der Waals surface area (Å²) in [7, 11) is 0. The van der Waals surface area contributed by atoms with Crippen molar-refractivity contribution in [3.8, 4) is 0 Å². The fourth-order valence-electron chi connectivity index (χ4n) is 0.192. The van der Waals surface area contributed by atoms with Gasteiger partial charge in [-0.05, 0) is 0 Å². The van der Waals surface area contributed by atoms with Crippen LogP contribution >= 0.6 is 6.93 Å². The van der Waals surface area contributed by atoms with Gasteiger partial charge < -0.3 is 0 Å². The Morgan fingerprint density at radius 3 is 2.17 bits per heavy atom. The third kappa shape index (κ3) is 5.22. The van der Waals surface area contributed by atoms with Crippen LogP contribution in [-0.4, -0.2) is 20.4 Å². The van der Waals surface area contributed by atoms with E-state index < -0.39 is 0 Å². The van der Waals surface area contributed by atoms with Gasteiger partial charge in [0.15, 0.2) is 0 Å². The number of hydrogen-bond acceptors (Lipinski definition) is 0. The first-order valence-corrected chi connectivity index (χ1v) is 8.24. The van der Waals surface area contributed by atoms with Crippen LogP contribution in [0.1, 0.15) is 13.8 Å². The van der Waals surface area contributed by atoms with Gasteiger partial charge in [-0.15, -0.1) is 0 Å². The molecule has 0 aromatic rings. The maximum atomic E-state index is 2.85. The average Bonchev–Trinajstić information content (AvgIpc) is 1.35. The molecule has 6 heavy (non-hydrogen) atoms. The van der Waals surface area contributed by atoms with E-state index in [9.17, 15) is 0 Å². The fourth-order valence-corrected chi connectivity index (χ4v) is 3.87. The van der Waals surface area contributed by atoms with E-state index in [1.807, 2.05) is 0 Å². The Morgan fingerprint density at radius 2 is 2.17 bits per heavy atom. The van der Waals surface area contributed by atoms with Gasteiger partial charge in [0.05, 0.1) is 0 Å². The summed E-state index contributed by atoms with van der Waals surface area (Å²) in [5.41, 5.74) is 0. The fraction of sp³-hybridized carbons (Fsp3) is 1.00. The second-order valence-corrected chi connectivity index (χ2v) is 5.87. The Labute approximate surface area is 51.7 Å². The zero-order valence-corrected chi connectivity index (χ0v) is 7.76. The molecule has 0 aromatic carbocycles. The van der Waals surface area contributed by atoms with Crippen molar-refractivity contribution in [2.45, 2.75) is 18.3 Å². The molecule has 0 amide bonds. The molecule has 0 nitrogen and oxygen atoms in total. The third-order valence-electron chi connectivity index (χ3n) is 0.430. The average molecular weight is 218 g/mol. The van der Waals surface area contributed by atoms with Gasteiger partial charge in [-0.2, -0.15) is 0 Å². The zero-order chi connectivity index (χ0) is 4.99. The van der Waals surface area contributed by atoms with Crippen LogP contribution in [0.2, 0.25) is 4.47 Å². The van der Waals surface area contributed by atoms with Crippen molar-refractivity contribution < 1.29 is 0 Å². The molecule has 38 valence electrons. The molecule has 0 saturated carbocycles. The van der Waals surface area contributed by atoms with Crippen LogP contribution in [0.15, 0.2) is 0 Å². The molecule has 0 spiro atoms. The molecule has 0 aromatic heterocycles. The van der Waals surface area contributed by atoms with Crippen LogP contribution in [-0.2, 0) is 0 Å². The Morgan fingerprint density at radius 1 is 1.67 bits per heavy atom. The molecule has 2 heteroatoms. The first-order valence-electron chi connectivity index (χ1n) is 2.09. The minimum absolute atomic E-state index is 0.345. The molecule has 1 unspecified atom stereocenters. The molecular weight excluding hydrogens is 207 g/mol. The van der Waals surface area contributed by atoms with E-state index in [1.54, 1.807) is 0 Å². The normalized spacial score (nSPS) is 10.0. The van der Waals surface area contributed by atoms with Crippen LogP contribution < -0.4 is 0 Å². The van der Waals surface area contributed by atoms with Gasteiger partial charge >= 0.3 is 51.5 Å². The van der Waals surface area contributed by atoms with Gasteiger partial charge in [-0.25, -0.2) is 0 Å². The van der Waals surface area contributed by atoms with Gasteiger partial charge in [0.25, 0.3) is 0 Å². The third-order valence-corrected chi connectivity index (χ3v) is 4.17. The van der Waals surface area contributed by atoms with E-state index in [-0.39, 0.29) is 0 Å². The molecule has 0 heterocycles. The summed E-state index contributed by atoms with van der Waals surface area (Å²) in [6, 6.07) is 0. The summed E-state index contributed by atoms with van der Waals surface area (Å²) in [6.45, 7) is 7.40. The van der Waals surface area contributed by atoms with Crippen LogP contribution in [0.25, 0.3) is 0 Å². The Kier molecular flexibility index (Phi) is 5.27. The van der Waals surface area contributed by atoms with E-state index >= 15 is 0 Å². The van der Waals surface area contributed by atoms with Crippen molar-refractivity contribution in [1.82, 2.24) is 0 Å². The van der Waals surface area contributed by atoms with Crippen LogP contribution in [0.3, 0.4) is 0 Å². The maximum absolute atomic E-state index is 2.85. The monoisotopic (exact) mass is 220 g/mol. The van der Waals surface area contributed by atoms with E-state index in [2.05, 4.69) is 20.8 Å². The molecule has 0 bridgehead atoms. The predicted molar refractivity (Wildman–Crippen MR) is 35.1 cm³/mol. The molecule has 0 rings (SSSR count). The summed E-state index contributed by atoms with van der Waals surface area (Å²) in [5.74, 6) is 0.935. The van der Waals surface area contributed by atoms with Crippen LogP contribution in [0.5, 0.6) is 0 Å². The second-order valence-electron chi connectivity index (χ2n) is 1.73. The summed E-state index contributed by atoms with van der Waals surface area (Å²) in [5, 5.41) is 0. The van der Waals surface area contributed by atoms with Crippen molar-refractivity contribution in [3.63, 3.8) is 0 Å². The van der Waals surface area contributed by atoms with Crippen molar-refractivity contribution >= 4 is 27.3 Å². The molecule has 0 fully saturated rings. The topological polar surface area (TPSA) is 0 Å². The van der Waals surface area contributed by atoms with E-state index in [0.717, 1.165) is 5.92 Å². The Balaban J connectivity index is 2.63. The van der Waals surface area contributed by atoms with E-state index in [0.29, 0.717) is 20.4 Å². The predicted octanol–water partition coefficient (Wildman–Crippen LogP) is 1.55.